The number of nitrogens with two attached hydrogens (primary N) is 1. The minimum atomic E-state index is -0.0732. The van der Waals surface area contributed by atoms with E-state index in [1.165, 1.54) is 19.4 Å². The third-order valence-electron chi connectivity index (χ3n) is 3.81. The maximum Gasteiger partial charge on any atom is 0.126 e. The number of piperidine rings is 1. The number of hydrogen-bond acceptors (Lipinski definition) is 2. The molecule has 1 heterocycles. The minimum absolute atomic E-state index is 0.0732. The van der Waals surface area contributed by atoms with E-state index in [1.807, 2.05) is 12.1 Å². The standard InChI is InChI=1S/C15H23FN2/c16-15-8-2-1-6-14(15)7-4-10-18-9-3-5-13(11-17)12-18/h1-2,6,8,13H,3-5,7,9-12,17H2. The van der Waals surface area contributed by atoms with Gasteiger partial charge in [0, 0.05) is 6.54 Å². The molecule has 100 valence electrons. The van der Waals surface area contributed by atoms with E-state index in [4.69, 9.17) is 5.73 Å². The Morgan fingerprint density at radius 2 is 2.17 bits per heavy atom. The van der Waals surface area contributed by atoms with Crippen molar-refractivity contribution in [1.82, 2.24) is 4.90 Å². The Kier molecular flexibility index (Phi) is 5.14. The highest BCUT2D eigenvalue weighted by atomic mass is 19.1. The zero-order valence-corrected chi connectivity index (χ0v) is 10.9. The van der Waals surface area contributed by atoms with Crippen molar-refractivity contribution in [3.05, 3.63) is 35.6 Å². The van der Waals surface area contributed by atoms with Crippen LogP contribution in [-0.4, -0.2) is 31.1 Å². The molecule has 1 aliphatic heterocycles. The Morgan fingerprint density at radius 3 is 2.94 bits per heavy atom. The quantitative estimate of drug-likeness (QED) is 0.869. The molecule has 1 fully saturated rings. The van der Waals surface area contributed by atoms with Crippen LogP contribution in [0.5, 0.6) is 0 Å². The van der Waals surface area contributed by atoms with Gasteiger partial charge in [-0.2, -0.15) is 0 Å². The van der Waals surface area contributed by atoms with Crippen molar-refractivity contribution < 1.29 is 4.39 Å². The van der Waals surface area contributed by atoms with Crippen LogP contribution in [0.2, 0.25) is 0 Å². The van der Waals surface area contributed by atoms with Crippen LogP contribution in [0.3, 0.4) is 0 Å². The molecule has 0 bridgehead atoms. The molecule has 0 aromatic heterocycles. The Hall–Kier alpha value is -0.930. The third-order valence-corrected chi connectivity index (χ3v) is 3.81. The highest BCUT2D eigenvalue weighted by Gasteiger charge is 2.17. The van der Waals surface area contributed by atoms with E-state index in [1.54, 1.807) is 12.1 Å². The molecular formula is C15H23FN2. The molecule has 1 unspecified atom stereocenters. The summed E-state index contributed by atoms with van der Waals surface area (Å²) in [6.45, 7) is 4.15. The predicted octanol–water partition coefficient (Wildman–Crippen LogP) is 2.43. The summed E-state index contributed by atoms with van der Waals surface area (Å²) in [6.07, 6.45) is 4.37. The van der Waals surface area contributed by atoms with E-state index in [-0.39, 0.29) is 5.82 Å². The summed E-state index contributed by atoms with van der Waals surface area (Å²) < 4.78 is 13.4. The maximum atomic E-state index is 13.4. The van der Waals surface area contributed by atoms with Crippen molar-refractivity contribution in [2.75, 3.05) is 26.2 Å². The molecule has 1 aromatic rings. The smallest absolute Gasteiger partial charge is 0.126 e. The number of benzene rings is 1. The van der Waals surface area contributed by atoms with Gasteiger partial charge in [-0.15, -0.1) is 0 Å². The monoisotopic (exact) mass is 250 g/mol. The molecule has 2 rings (SSSR count). The van der Waals surface area contributed by atoms with Crippen LogP contribution < -0.4 is 5.73 Å². The van der Waals surface area contributed by atoms with Gasteiger partial charge in [0.25, 0.3) is 0 Å². The first-order valence-corrected chi connectivity index (χ1v) is 6.95. The second-order valence-corrected chi connectivity index (χ2v) is 5.24. The van der Waals surface area contributed by atoms with E-state index in [0.29, 0.717) is 5.92 Å². The number of hydrogen-bond donors (Lipinski definition) is 1. The Balaban J connectivity index is 1.73. The number of likely N-dealkylation sites (tertiary alicyclic amines) is 1. The van der Waals surface area contributed by atoms with Crippen LogP contribution >= 0.6 is 0 Å². The Labute approximate surface area is 109 Å². The van der Waals surface area contributed by atoms with Crippen LogP contribution in [0, 0.1) is 11.7 Å². The molecule has 18 heavy (non-hydrogen) atoms. The molecule has 0 aliphatic carbocycles. The molecular weight excluding hydrogens is 227 g/mol. The molecule has 0 amide bonds. The zero-order chi connectivity index (χ0) is 12.8. The SMILES string of the molecule is NCC1CCCN(CCCc2ccccc2F)C1. The van der Waals surface area contributed by atoms with Crippen molar-refractivity contribution in [3.63, 3.8) is 0 Å². The van der Waals surface area contributed by atoms with E-state index >= 15 is 0 Å². The molecule has 0 saturated carbocycles. The molecule has 3 heteroatoms. The molecule has 0 spiro atoms. The summed E-state index contributed by atoms with van der Waals surface area (Å²) in [5, 5.41) is 0. The van der Waals surface area contributed by atoms with E-state index < -0.39 is 0 Å². The number of rotatable bonds is 5. The van der Waals surface area contributed by atoms with Gasteiger partial charge in [-0.05, 0) is 62.9 Å². The molecule has 1 aliphatic rings. The Bertz CT molecular complexity index is 367. The fourth-order valence-corrected chi connectivity index (χ4v) is 2.74. The fourth-order valence-electron chi connectivity index (χ4n) is 2.74. The van der Waals surface area contributed by atoms with Gasteiger partial charge in [-0.25, -0.2) is 4.39 Å². The topological polar surface area (TPSA) is 29.3 Å². The fraction of sp³-hybridized carbons (Fsp3) is 0.600. The van der Waals surface area contributed by atoms with Gasteiger partial charge in [-0.1, -0.05) is 18.2 Å². The minimum Gasteiger partial charge on any atom is -0.330 e. The summed E-state index contributed by atoms with van der Waals surface area (Å²) in [5.41, 5.74) is 6.57. The molecule has 0 radical (unpaired) electrons. The van der Waals surface area contributed by atoms with E-state index in [0.717, 1.165) is 38.0 Å². The number of halogens is 1. The molecule has 1 aromatic carbocycles. The molecule has 2 nitrogen and oxygen atoms in total. The molecule has 2 N–H and O–H groups in total. The largest absolute Gasteiger partial charge is 0.330 e. The highest BCUT2D eigenvalue weighted by Crippen LogP contribution is 2.16. The summed E-state index contributed by atoms with van der Waals surface area (Å²) in [4.78, 5) is 2.47. The van der Waals surface area contributed by atoms with Crippen LogP contribution in [0.15, 0.2) is 24.3 Å². The number of nitrogens with zero attached hydrogens (tertiary/aromatic N) is 1. The first-order chi connectivity index (χ1) is 8.79. The van der Waals surface area contributed by atoms with Crippen LogP contribution in [-0.2, 0) is 6.42 Å². The van der Waals surface area contributed by atoms with Crippen molar-refractivity contribution in [2.24, 2.45) is 11.7 Å². The van der Waals surface area contributed by atoms with Gasteiger partial charge in [-0.3, -0.25) is 0 Å². The first kappa shape index (κ1) is 13.5. The summed E-state index contributed by atoms with van der Waals surface area (Å²) in [6, 6.07) is 7.08. The van der Waals surface area contributed by atoms with Gasteiger partial charge in [0.15, 0.2) is 0 Å². The van der Waals surface area contributed by atoms with Crippen LogP contribution in [0.25, 0.3) is 0 Å². The van der Waals surface area contributed by atoms with Crippen molar-refractivity contribution in [1.29, 1.82) is 0 Å². The van der Waals surface area contributed by atoms with Crippen molar-refractivity contribution >= 4 is 0 Å². The maximum absolute atomic E-state index is 13.4. The highest BCUT2D eigenvalue weighted by molar-refractivity contribution is 5.17. The average Bonchev–Trinajstić information content (AvgIpc) is 2.41. The van der Waals surface area contributed by atoms with Crippen LogP contribution in [0.4, 0.5) is 4.39 Å². The first-order valence-electron chi connectivity index (χ1n) is 6.95. The summed E-state index contributed by atoms with van der Waals surface area (Å²) in [7, 11) is 0. The van der Waals surface area contributed by atoms with Crippen LogP contribution in [0.1, 0.15) is 24.8 Å². The molecule has 1 saturated heterocycles. The van der Waals surface area contributed by atoms with Crippen molar-refractivity contribution in [3.8, 4) is 0 Å². The Morgan fingerprint density at radius 1 is 1.33 bits per heavy atom. The lowest BCUT2D eigenvalue weighted by molar-refractivity contribution is 0.176. The van der Waals surface area contributed by atoms with Gasteiger partial charge >= 0.3 is 0 Å². The third kappa shape index (κ3) is 3.79. The zero-order valence-electron chi connectivity index (χ0n) is 10.9. The average molecular weight is 250 g/mol. The predicted molar refractivity (Wildman–Crippen MR) is 72.9 cm³/mol. The van der Waals surface area contributed by atoms with Gasteiger partial charge < -0.3 is 10.6 Å². The van der Waals surface area contributed by atoms with E-state index in [2.05, 4.69) is 4.90 Å². The summed E-state index contributed by atoms with van der Waals surface area (Å²) in [5.74, 6) is 0.586. The second kappa shape index (κ2) is 6.86. The summed E-state index contributed by atoms with van der Waals surface area (Å²) >= 11 is 0. The second-order valence-electron chi connectivity index (χ2n) is 5.24. The lowest BCUT2D eigenvalue weighted by atomic mass is 9.98. The van der Waals surface area contributed by atoms with E-state index in [9.17, 15) is 4.39 Å². The van der Waals surface area contributed by atoms with Gasteiger partial charge in [0.1, 0.15) is 5.82 Å². The lowest BCUT2D eigenvalue weighted by Crippen LogP contribution is -2.38. The van der Waals surface area contributed by atoms with Gasteiger partial charge in [0.05, 0.1) is 0 Å². The van der Waals surface area contributed by atoms with Crippen molar-refractivity contribution in [2.45, 2.75) is 25.7 Å². The number of aryl methyl sites for hydroxylation is 1. The lowest BCUT2D eigenvalue weighted by Gasteiger charge is -2.32. The van der Waals surface area contributed by atoms with Gasteiger partial charge in [0.2, 0.25) is 0 Å². The normalized spacial score (nSPS) is 21.1. The molecule has 1 atom stereocenters.